The van der Waals surface area contributed by atoms with E-state index in [1.807, 2.05) is 36.4 Å². The predicted octanol–water partition coefficient (Wildman–Crippen LogP) is 3.26. The zero-order valence-electron chi connectivity index (χ0n) is 16.7. The summed E-state index contributed by atoms with van der Waals surface area (Å²) in [6, 6.07) is 10.6. The van der Waals surface area contributed by atoms with Crippen LogP contribution in [0.4, 0.5) is 10.5 Å². The molecule has 6 nitrogen and oxygen atoms in total. The molecule has 4 N–H and O–H groups in total. The van der Waals surface area contributed by atoms with Crippen molar-refractivity contribution in [3.63, 3.8) is 0 Å². The Bertz CT molecular complexity index is 873. The summed E-state index contributed by atoms with van der Waals surface area (Å²) in [6.07, 6.45) is -0.163. The quantitative estimate of drug-likeness (QED) is 0.651. The van der Waals surface area contributed by atoms with Gasteiger partial charge in [-0.1, -0.05) is 45.0 Å². The Morgan fingerprint density at radius 1 is 1.25 bits per heavy atom. The SMILES string of the molecule is COc1c(CO)cc(C(C)(C)C)cc1NC(=O)N[C@@H]1Cc2ccccc2[C@@H]1O. The van der Waals surface area contributed by atoms with Crippen molar-refractivity contribution in [2.24, 2.45) is 0 Å². The minimum absolute atomic E-state index is 0.160. The van der Waals surface area contributed by atoms with E-state index in [-0.39, 0.29) is 12.0 Å². The summed E-state index contributed by atoms with van der Waals surface area (Å²) in [5.74, 6) is 0.431. The number of aliphatic hydroxyl groups excluding tert-OH is 2. The first-order valence-electron chi connectivity index (χ1n) is 9.40. The lowest BCUT2D eigenvalue weighted by atomic mass is 9.85. The van der Waals surface area contributed by atoms with E-state index in [9.17, 15) is 15.0 Å². The number of anilines is 1. The van der Waals surface area contributed by atoms with Gasteiger partial charge in [0.25, 0.3) is 0 Å². The fourth-order valence-corrected chi connectivity index (χ4v) is 3.60. The molecule has 2 atom stereocenters. The number of rotatable bonds is 4. The van der Waals surface area contributed by atoms with Gasteiger partial charge in [-0.25, -0.2) is 4.79 Å². The predicted molar refractivity (Wildman–Crippen MR) is 109 cm³/mol. The van der Waals surface area contributed by atoms with Crippen LogP contribution in [-0.2, 0) is 18.4 Å². The lowest BCUT2D eigenvalue weighted by Gasteiger charge is -2.24. The molecule has 0 aromatic heterocycles. The molecule has 0 spiro atoms. The summed E-state index contributed by atoms with van der Waals surface area (Å²) in [7, 11) is 1.51. The van der Waals surface area contributed by atoms with Crippen molar-refractivity contribution < 1.29 is 19.7 Å². The Morgan fingerprint density at radius 3 is 2.57 bits per heavy atom. The maximum Gasteiger partial charge on any atom is 0.319 e. The summed E-state index contributed by atoms with van der Waals surface area (Å²) < 4.78 is 5.43. The van der Waals surface area contributed by atoms with Gasteiger partial charge in [-0.3, -0.25) is 0 Å². The van der Waals surface area contributed by atoms with Crippen molar-refractivity contribution in [2.75, 3.05) is 12.4 Å². The molecule has 0 aliphatic heterocycles. The summed E-state index contributed by atoms with van der Waals surface area (Å²) in [5.41, 5.74) is 3.80. The number of benzene rings is 2. The van der Waals surface area contributed by atoms with Crippen LogP contribution in [0.25, 0.3) is 0 Å². The van der Waals surface area contributed by atoms with Crippen molar-refractivity contribution in [3.8, 4) is 5.75 Å². The molecule has 2 aromatic carbocycles. The van der Waals surface area contributed by atoms with Gasteiger partial charge < -0.3 is 25.6 Å². The summed E-state index contributed by atoms with van der Waals surface area (Å²) in [6.45, 7) is 5.99. The van der Waals surface area contributed by atoms with E-state index in [1.54, 1.807) is 0 Å². The molecule has 1 aliphatic rings. The molecule has 2 amide bonds. The molecule has 0 unspecified atom stereocenters. The second-order valence-corrected chi connectivity index (χ2v) is 8.18. The molecule has 0 saturated heterocycles. The van der Waals surface area contributed by atoms with Crippen molar-refractivity contribution in [2.45, 2.75) is 51.4 Å². The first-order valence-corrected chi connectivity index (χ1v) is 9.40. The molecule has 1 aliphatic carbocycles. The molecule has 0 fully saturated rings. The second-order valence-electron chi connectivity index (χ2n) is 8.18. The van der Waals surface area contributed by atoms with Gasteiger partial charge >= 0.3 is 6.03 Å². The van der Waals surface area contributed by atoms with Crippen LogP contribution in [0, 0.1) is 0 Å². The van der Waals surface area contributed by atoms with Crippen LogP contribution in [0.5, 0.6) is 5.75 Å². The van der Waals surface area contributed by atoms with Gasteiger partial charge in [0.05, 0.1) is 31.5 Å². The number of carbonyl (C=O) groups excluding carboxylic acids is 1. The van der Waals surface area contributed by atoms with Gasteiger partial charge in [-0.15, -0.1) is 0 Å². The number of urea groups is 1. The van der Waals surface area contributed by atoms with Crippen molar-refractivity contribution in [3.05, 3.63) is 58.7 Å². The highest BCUT2D eigenvalue weighted by Gasteiger charge is 2.32. The van der Waals surface area contributed by atoms with Crippen LogP contribution in [0.1, 0.15) is 49.1 Å². The lowest BCUT2D eigenvalue weighted by molar-refractivity contribution is 0.145. The van der Waals surface area contributed by atoms with Crippen molar-refractivity contribution >= 4 is 11.7 Å². The number of amides is 2. The third kappa shape index (κ3) is 3.98. The molecular formula is C22H28N2O4. The highest BCUT2D eigenvalue weighted by atomic mass is 16.5. The van der Waals surface area contributed by atoms with E-state index in [0.717, 1.165) is 16.7 Å². The fraction of sp³-hybridized carbons (Fsp3) is 0.409. The molecular weight excluding hydrogens is 356 g/mol. The molecule has 150 valence electrons. The number of methoxy groups -OCH3 is 1. The zero-order valence-corrected chi connectivity index (χ0v) is 16.7. The van der Waals surface area contributed by atoms with E-state index in [2.05, 4.69) is 31.4 Å². The molecule has 0 saturated carbocycles. The first-order chi connectivity index (χ1) is 13.2. The minimum atomic E-state index is -0.738. The van der Waals surface area contributed by atoms with E-state index < -0.39 is 18.2 Å². The third-order valence-electron chi connectivity index (χ3n) is 5.17. The maximum atomic E-state index is 12.6. The number of carbonyl (C=O) groups is 1. The molecule has 0 heterocycles. The number of aliphatic hydroxyl groups is 2. The van der Waals surface area contributed by atoms with Gasteiger partial charge in [0.15, 0.2) is 0 Å². The summed E-state index contributed by atoms with van der Waals surface area (Å²) >= 11 is 0. The smallest absolute Gasteiger partial charge is 0.319 e. The Morgan fingerprint density at radius 2 is 1.96 bits per heavy atom. The molecule has 3 rings (SSSR count). The Balaban J connectivity index is 1.80. The van der Waals surface area contributed by atoms with Gasteiger partial charge in [0.2, 0.25) is 0 Å². The summed E-state index contributed by atoms with van der Waals surface area (Å²) in [5, 5.41) is 25.9. The van der Waals surface area contributed by atoms with Crippen LogP contribution in [0.2, 0.25) is 0 Å². The van der Waals surface area contributed by atoms with Gasteiger partial charge in [0, 0.05) is 5.56 Å². The highest BCUT2D eigenvalue weighted by molar-refractivity contribution is 5.92. The largest absolute Gasteiger partial charge is 0.494 e. The standard InChI is InChI=1S/C22H28N2O4/c1-22(2,3)15-9-14(12-25)20(28-4)18(11-15)24-21(27)23-17-10-13-7-5-6-8-16(13)19(17)26/h5-9,11,17,19,25-26H,10,12H2,1-4H3,(H2,23,24,27)/t17-,19+/m1/s1. The van der Waals surface area contributed by atoms with E-state index in [1.165, 1.54) is 7.11 Å². The first kappa shape index (κ1) is 20.2. The topological polar surface area (TPSA) is 90.8 Å². The van der Waals surface area contributed by atoms with Gasteiger partial charge in [0.1, 0.15) is 5.75 Å². The van der Waals surface area contributed by atoms with Crippen LogP contribution >= 0.6 is 0 Å². The maximum absolute atomic E-state index is 12.6. The number of nitrogens with one attached hydrogen (secondary N) is 2. The van der Waals surface area contributed by atoms with Crippen LogP contribution < -0.4 is 15.4 Å². The summed E-state index contributed by atoms with van der Waals surface area (Å²) in [4.78, 5) is 12.6. The van der Waals surface area contributed by atoms with Gasteiger partial charge in [-0.05, 0) is 40.7 Å². The van der Waals surface area contributed by atoms with E-state index in [4.69, 9.17) is 4.74 Å². The Labute approximate surface area is 165 Å². The molecule has 0 bridgehead atoms. The molecule has 0 radical (unpaired) electrons. The Kier molecular flexibility index (Phi) is 5.63. The monoisotopic (exact) mass is 384 g/mol. The number of hydrogen-bond acceptors (Lipinski definition) is 4. The van der Waals surface area contributed by atoms with Crippen molar-refractivity contribution in [1.82, 2.24) is 5.32 Å². The number of fused-ring (bicyclic) bond motifs is 1. The van der Waals surface area contributed by atoms with Crippen LogP contribution in [-0.4, -0.2) is 29.4 Å². The highest BCUT2D eigenvalue weighted by Crippen LogP contribution is 2.36. The molecule has 6 heteroatoms. The van der Waals surface area contributed by atoms with Crippen molar-refractivity contribution in [1.29, 1.82) is 0 Å². The lowest BCUT2D eigenvalue weighted by Crippen LogP contribution is -2.40. The van der Waals surface area contributed by atoms with E-state index in [0.29, 0.717) is 23.4 Å². The third-order valence-corrected chi connectivity index (χ3v) is 5.17. The van der Waals surface area contributed by atoms with Crippen LogP contribution in [0.3, 0.4) is 0 Å². The minimum Gasteiger partial charge on any atom is -0.494 e. The fourth-order valence-electron chi connectivity index (χ4n) is 3.60. The average molecular weight is 384 g/mol. The normalized spacial score (nSPS) is 18.5. The Hall–Kier alpha value is -2.57. The zero-order chi connectivity index (χ0) is 20.5. The average Bonchev–Trinajstić information content (AvgIpc) is 2.96. The van der Waals surface area contributed by atoms with Gasteiger partial charge in [-0.2, -0.15) is 0 Å². The number of hydrogen-bond donors (Lipinski definition) is 4. The van der Waals surface area contributed by atoms with E-state index >= 15 is 0 Å². The molecule has 2 aromatic rings. The number of ether oxygens (including phenoxy) is 1. The second kappa shape index (κ2) is 7.81. The molecule has 28 heavy (non-hydrogen) atoms. The van der Waals surface area contributed by atoms with Crippen LogP contribution in [0.15, 0.2) is 36.4 Å².